The van der Waals surface area contributed by atoms with E-state index >= 15 is 0 Å². The van der Waals surface area contributed by atoms with Gasteiger partial charge < -0.3 is 10.1 Å². The van der Waals surface area contributed by atoms with Crippen LogP contribution in [0.3, 0.4) is 0 Å². The molecular weight excluding hydrogens is 262 g/mol. The van der Waals surface area contributed by atoms with E-state index in [2.05, 4.69) is 47.1 Å². The van der Waals surface area contributed by atoms with Crippen molar-refractivity contribution in [3.8, 4) is 5.75 Å². The molecule has 2 aromatic rings. The second kappa shape index (κ2) is 5.90. The van der Waals surface area contributed by atoms with Crippen LogP contribution in [-0.2, 0) is 0 Å². The molecule has 0 amide bonds. The molecule has 0 bridgehead atoms. The highest BCUT2D eigenvalue weighted by Crippen LogP contribution is 2.38. The second-order valence-electron chi connectivity index (χ2n) is 5.72. The molecule has 1 N–H and O–H groups in total. The lowest BCUT2D eigenvalue weighted by Crippen LogP contribution is -2.38. The van der Waals surface area contributed by atoms with Crippen LogP contribution in [0.25, 0.3) is 0 Å². The molecule has 0 fully saturated rings. The number of aryl methyl sites for hydroxylation is 2. The zero-order chi connectivity index (χ0) is 14.8. The van der Waals surface area contributed by atoms with Gasteiger partial charge in [0.2, 0.25) is 0 Å². The molecule has 4 heteroatoms. The topological polar surface area (TPSA) is 39.1 Å². The third-order valence-electron chi connectivity index (χ3n) is 4.02. The number of hydrogen-bond donors (Lipinski definition) is 1. The predicted molar refractivity (Wildman–Crippen MR) is 83.7 cm³/mol. The summed E-state index contributed by atoms with van der Waals surface area (Å²) in [6, 6.07) is 10.9. The third kappa shape index (κ3) is 2.68. The lowest BCUT2D eigenvalue weighted by atomic mass is 9.96. The van der Waals surface area contributed by atoms with E-state index in [0.717, 1.165) is 24.4 Å². The fourth-order valence-corrected chi connectivity index (χ4v) is 3.09. The second-order valence-corrected chi connectivity index (χ2v) is 5.72. The standard InChI is InChI=1S/C17H23N3O/c1-4-9-18-17-14-7-5-6-8-16(14)21-11-15(17)20-13(3)10-12(2)19-20/h5-8,10,15,17-18H,4,9,11H2,1-3H3. The van der Waals surface area contributed by atoms with Gasteiger partial charge in [0.1, 0.15) is 18.4 Å². The van der Waals surface area contributed by atoms with Crippen molar-refractivity contribution in [2.24, 2.45) is 0 Å². The van der Waals surface area contributed by atoms with E-state index in [4.69, 9.17) is 4.74 Å². The van der Waals surface area contributed by atoms with Gasteiger partial charge in [0.25, 0.3) is 0 Å². The molecule has 3 rings (SSSR count). The van der Waals surface area contributed by atoms with Crippen LogP contribution in [0.5, 0.6) is 5.75 Å². The van der Waals surface area contributed by atoms with Crippen LogP contribution in [0.2, 0.25) is 0 Å². The average Bonchev–Trinajstić information content (AvgIpc) is 2.83. The van der Waals surface area contributed by atoms with Crippen molar-refractivity contribution in [1.29, 1.82) is 0 Å². The van der Waals surface area contributed by atoms with Crippen molar-refractivity contribution < 1.29 is 4.74 Å². The van der Waals surface area contributed by atoms with Crippen molar-refractivity contribution in [1.82, 2.24) is 15.1 Å². The lowest BCUT2D eigenvalue weighted by molar-refractivity contribution is 0.168. The first kappa shape index (κ1) is 14.1. The first-order valence-electron chi connectivity index (χ1n) is 7.68. The van der Waals surface area contributed by atoms with Crippen LogP contribution in [0.1, 0.15) is 42.4 Å². The summed E-state index contributed by atoms with van der Waals surface area (Å²) in [5.41, 5.74) is 3.47. The van der Waals surface area contributed by atoms with Gasteiger partial charge in [-0.05, 0) is 38.9 Å². The molecule has 21 heavy (non-hydrogen) atoms. The zero-order valence-electron chi connectivity index (χ0n) is 13.0. The SMILES string of the molecule is CCCNC1c2ccccc2OCC1n1nc(C)cc1C. The highest BCUT2D eigenvalue weighted by atomic mass is 16.5. The number of rotatable bonds is 4. The molecule has 0 radical (unpaired) electrons. The maximum absolute atomic E-state index is 5.96. The summed E-state index contributed by atoms with van der Waals surface area (Å²) in [4.78, 5) is 0. The molecule has 0 saturated carbocycles. The van der Waals surface area contributed by atoms with Crippen LogP contribution in [0.4, 0.5) is 0 Å². The fraction of sp³-hybridized carbons (Fsp3) is 0.471. The smallest absolute Gasteiger partial charge is 0.124 e. The summed E-state index contributed by atoms with van der Waals surface area (Å²) in [6.45, 7) is 7.98. The Labute approximate surface area is 126 Å². The number of ether oxygens (including phenoxy) is 1. The van der Waals surface area contributed by atoms with Crippen LogP contribution >= 0.6 is 0 Å². The minimum atomic E-state index is 0.195. The monoisotopic (exact) mass is 285 g/mol. The largest absolute Gasteiger partial charge is 0.491 e. The van der Waals surface area contributed by atoms with Crippen LogP contribution < -0.4 is 10.1 Å². The number of hydrogen-bond acceptors (Lipinski definition) is 3. The Balaban J connectivity index is 1.98. The van der Waals surface area contributed by atoms with Gasteiger partial charge >= 0.3 is 0 Å². The van der Waals surface area contributed by atoms with Crippen molar-refractivity contribution in [3.63, 3.8) is 0 Å². The Morgan fingerprint density at radius 1 is 1.33 bits per heavy atom. The van der Waals surface area contributed by atoms with E-state index in [9.17, 15) is 0 Å². The summed E-state index contributed by atoms with van der Waals surface area (Å²) in [5, 5.41) is 8.33. The quantitative estimate of drug-likeness (QED) is 0.938. The molecule has 2 heterocycles. The van der Waals surface area contributed by atoms with E-state index in [-0.39, 0.29) is 12.1 Å². The van der Waals surface area contributed by atoms with E-state index < -0.39 is 0 Å². The molecule has 0 saturated heterocycles. The fourth-order valence-electron chi connectivity index (χ4n) is 3.09. The van der Waals surface area contributed by atoms with E-state index in [1.807, 2.05) is 19.1 Å². The lowest BCUT2D eigenvalue weighted by Gasteiger charge is -2.35. The molecule has 1 aliphatic heterocycles. The minimum absolute atomic E-state index is 0.195. The van der Waals surface area contributed by atoms with E-state index in [0.29, 0.717) is 6.61 Å². The van der Waals surface area contributed by atoms with Crippen molar-refractivity contribution >= 4 is 0 Å². The first-order valence-corrected chi connectivity index (χ1v) is 7.68. The van der Waals surface area contributed by atoms with Crippen LogP contribution in [0, 0.1) is 13.8 Å². The van der Waals surface area contributed by atoms with Crippen LogP contribution in [-0.4, -0.2) is 22.9 Å². The summed E-state index contributed by atoms with van der Waals surface area (Å²) in [7, 11) is 0. The molecule has 1 aliphatic rings. The molecule has 1 aromatic carbocycles. The van der Waals surface area contributed by atoms with Gasteiger partial charge in [-0.2, -0.15) is 5.10 Å². The maximum Gasteiger partial charge on any atom is 0.124 e. The van der Waals surface area contributed by atoms with Crippen molar-refractivity contribution in [2.75, 3.05) is 13.2 Å². The van der Waals surface area contributed by atoms with Crippen LogP contribution in [0.15, 0.2) is 30.3 Å². The Morgan fingerprint density at radius 2 is 2.14 bits per heavy atom. The normalized spacial score (nSPS) is 20.9. The minimum Gasteiger partial charge on any atom is -0.491 e. The van der Waals surface area contributed by atoms with Gasteiger partial charge in [-0.25, -0.2) is 0 Å². The Bertz CT molecular complexity index is 620. The van der Waals surface area contributed by atoms with Gasteiger partial charge in [-0.3, -0.25) is 4.68 Å². The Kier molecular flexibility index (Phi) is 3.97. The number of aromatic nitrogens is 2. The van der Waals surface area contributed by atoms with E-state index in [1.54, 1.807) is 0 Å². The summed E-state index contributed by atoms with van der Waals surface area (Å²) < 4.78 is 8.07. The third-order valence-corrected chi connectivity index (χ3v) is 4.02. The van der Waals surface area contributed by atoms with E-state index in [1.165, 1.54) is 11.3 Å². The highest BCUT2D eigenvalue weighted by molar-refractivity contribution is 5.38. The van der Waals surface area contributed by atoms with Gasteiger partial charge in [0, 0.05) is 11.3 Å². The molecule has 0 aliphatic carbocycles. The Morgan fingerprint density at radius 3 is 2.86 bits per heavy atom. The first-order chi connectivity index (χ1) is 10.2. The number of benzene rings is 1. The predicted octanol–water partition coefficient (Wildman–Crippen LogP) is 3.17. The molecule has 0 spiro atoms. The molecular formula is C17H23N3O. The highest BCUT2D eigenvalue weighted by Gasteiger charge is 2.32. The Hall–Kier alpha value is -1.81. The number of fused-ring (bicyclic) bond motifs is 1. The summed E-state index contributed by atoms with van der Waals surface area (Å²) in [5.74, 6) is 0.990. The maximum atomic E-state index is 5.96. The van der Waals surface area contributed by atoms with Gasteiger partial charge in [0.05, 0.1) is 11.7 Å². The average molecular weight is 285 g/mol. The number of para-hydroxylation sites is 1. The van der Waals surface area contributed by atoms with Crippen molar-refractivity contribution in [3.05, 3.63) is 47.3 Å². The number of nitrogens with one attached hydrogen (secondary N) is 1. The van der Waals surface area contributed by atoms with Gasteiger partial charge in [-0.1, -0.05) is 25.1 Å². The van der Waals surface area contributed by atoms with Crippen molar-refractivity contribution in [2.45, 2.75) is 39.3 Å². The molecule has 112 valence electrons. The molecule has 2 atom stereocenters. The molecule has 1 aromatic heterocycles. The molecule has 2 unspecified atom stereocenters. The summed E-state index contributed by atoms with van der Waals surface area (Å²) >= 11 is 0. The van der Waals surface area contributed by atoms with Gasteiger partial charge in [-0.15, -0.1) is 0 Å². The number of nitrogens with zero attached hydrogens (tertiary/aromatic N) is 2. The van der Waals surface area contributed by atoms with Gasteiger partial charge in [0.15, 0.2) is 0 Å². The zero-order valence-corrected chi connectivity index (χ0v) is 13.0. The summed E-state index contributed by atoms with van der Waals surface area (Å²) in [6.07, 6.45) is 1.11. The molecule has 4 nitrogen and oxygen atoms in total.